The monoisotopic (exact) mass is 411 g/mol. The van der Waals surface area contributed by atoms with Crippen molar-refractivity contribution < 1.29 is 4.79 Å². The van der Waals surface area contributed by atoms with Crippen molar-refractivity contribution in [2.45, 2.75) is 12.5 Å². The summed E-state index contributed by atoms with van der Waals surface area (Å²) in [6.07, 6.45) is 2.73. The number of amides is 1. The second kappa shape index (κ2) is 7.70. The van der Waals surface area contributed by atoms with E-state index in [1.165, 1.54) is 0 Å². The third kappa shape index (κ3) is 3.56. The van der Waals surface area contributed by atoms with Crippen LogP contribution in [0, 0.1) is 11.3 Å². The summed E-state index contributed by atoms with van der Waals surface area (Å²) in [5, 5.41) is 25.4. The van der Waals surface area contributed by atoms with Crippen LogP contribution in [0.2, 0.25) is 0 Å². The van der Waals surface area contributed by atoms with Gasteiger partial charge in [-0.2, -0.15) is 15.5 Å². The number of carbonyl (C=O) groups excluding carboxylic acids is 1. The number of hydrogen-bond donors (Lipinski definition) is 2. The molecule has 1 aliphatic rings. The molecule has 2 N–H and O–H groups in total. The molecule has 0 aliphatic carbocycles. The number of aryl methyl sites for hydroxylation is 1. The van der Waals surface area contributed by atoms with Gasteiger partial charge in [0, 0.05) is 30.6 Å². The van der Waals surface area contributed by atoms with Crippen molar-refractivity contribution in [1.29, 1.82) is 5.26 Å². The summed E-state index contributed by atoms with van der Waals surface area (Å²) in [4.78, 5) is 12.9. The maximum atomic E-state index is 12.9. The minimum atomic E-state index is -0.190. The smallest absolute Gasteiger partial charge is 0.272 e. The number of fused-ring (bicyclic) bond motifs is 1. The van der Waals surface area contributed by atoms with E-state index >= 15 is 0 Å². The molecule has 1 amide bonds. The molecule has 0 unspecified atom stereocenters. The van der Waals surface area contributed by atoms with Crippen LogP contribution in [0.1, 0.15) is 22.5 Å². The maximum absolute atomic E-state index is 12.9. The Morgan fingerprint density at radius 2 is 2.06 bits per heavy atom. The highest BCUT2D eigenvalue weighted by atomic mass is 16.2. The highest BCUT2D eigenvalue weighted by Gasteiger charge is 2.21. The predicted octanol–water partition coefficient (Wildman–Crippen LogP) is 2.39. The maximum Gasteiger partial charge on any atom is 0.272 e. The van der Waals surface area contributed by atoms with Crippen LogP contribution in [0.4, 0.5) is 0 Å². The molecular weight excluding hydrogens is 390 g/mol. The van der Waals surface area contributed by atoms with E-state index in [1.807, 2.05) is 54.3 Å². The molecule has 1 saturated heterocycles. The lowest BCUT2D eigenvalue weighted by Crippen LogP contribution is -2.36. The van der Waals surface area contributed by atoms with Crippen molar-refractivity contribution in [3.05, 3.63) is 66.0 Å². The Morgan fingerprint density at radius 1 is 1.23 bits per heavy atom. The van der Waals surface area contributed by atoms with Crippen LogP contribution in [0.3, 0.4) is 0 Å². The summed E-state index contributed by atoms with van der Waals surface area (Å²) in [7, 11) is 1.91. The summed E-state index contributed by atoms with van der Waals surface area (Å²) in [5.41, 5.74) is 4.46. The lowest BCUT2D eigenvalue weighted by atomic mass is 10.1. The average Bonchev–Trinajstić information content (AvgIpc) is 3.54. The van der Waals surface area contributed by atoms with Crippen molar-refractivity contribution in [1.82, 2.24) is 30.2 Å². The SMILES string of the molecule is Cn1ncc2cc(-c3cc(C(=O)N[C@@H]4CCNC4)nn3-c3ccc(C#N)cc3)ccc21. The number of aromatic nitrogens is 4. The van der Waals surface area contributed by atoms with Crippen LogP contribution in [-0.2, 0) is 7.05 Å². The van der Waals surface area contributed by atoms with Gasteiger partial charge in [0.05, 0.1) is 34.7 Å². The lowest BCUT2D eigenvalue weighted by Gasteiger charge is -2.09. The van der Waals surface area contributed by atoms with Gasteiger partial charge in [0.1, 0.15) is 0 Å². The Kier molecular flexibility index (Phi) is 4.73. The van der Waals surface area contributed by atoms with E-state index in [1.54, 1.807) is 16.8 Å². The molecule has 2 aromatic carbocycles. The van der Waals surface area contributed by atoms with Crippen LogP contribution in [0.25, 0.3) is 27.8 Å². The van der Waals surface area contributed by atoms with Gasteiger partial charge >= 0.3 is 0 Å². The quantitative estimate of drug-likeness (QED) is 0.537. The first-order valence-electron chi connectivity index (χ1n) is 10.2. The van der Waals surface area contributed by atoms with Crippen LogP contribution in [0.15, 0.2) is 54.7 Å². The second-order valence-electron chi connectivity index (χ2n) is 7.69. The molecule has 31 heavy (non-hydrogen) atoms. The van der Waals surface area contributed by atoms with E-state index in [-0.39, 0.29) is 11.9 Å². The minimum absolute atomic E-state index is 0.114. The third-order valence-corrected chi connectivity index (χ3v) is 5.62. The molecule has 5 rings (SSSR count). The number of benzene rings is 2. The van der Waals surface area contributed by atoms with Crippen molar-refractivity contribution in [3.63, 3.8) is 0 Å². The Hall–Kier alpha value is -3.96. The minimum Gasteiger partial charge on any atom is -0.347 e. The van der Waals surface area contributed by atoms with E-state index in [0.29, 0.717) is 11.3 Å². The Labute approximate surface area is 179 Å². The molecule has 8 heteroatoms. The first-order chi connectivity index (χ1) is 15.1. The van der Waals surface area contributed by atoms with Gasteiger partial charge in [0.25, 0.3) is 5.91 Å². The molecular formula is C23H21N7O. The first kappa shape index (κ1) is 19.0. The molecule has 8 nitrogen and oxygen atoms in total. The second-order valence-corrected chi connectivity index (χ2v) is 7.69. The van der Waals surface area contributed by atoms with Gasteiger partial charge in [-0.25, -0.2) is 4.68 Å². The van der Waals surface area contributed by atoms with Crippen molar-refractivity contribution >= 4 is 16.8 Å². The summed E-state index contributed by atoms with van der Waals surface area (Å²) >= 11 is 0. The van der Waals surface area contributed by atoms with Crippen LogP contribution < -0.4 is 10.6 Å². The fraction of sp³-hybridized carbons (Fsp3) is 0.217. The van der Waals surface area contributed by atoms with Crippen molar-refractivity contribution in [2.24, 2.45) is 7.05 Å². The molecule has 0 spiro atoms. The fourth-order valence-electron chi connectivity index (χ4n) is 3.93. The van der Waals surface area contributed by atoms with Crippen LogP contribution in [0.5, 0.6) is 0 Å². The summed E-state index contributed by atoms with van der Waals surface area (Å²) in [6, 6.07) is 17.3. The topological polar surface area (TPSA) is 101 Å². The Morgan fingerprint density at radius 3 is 2.81 bits per heavy atom. The van der Waals surface area contributed by atoms with Gasteiger partial charge in [-0.15, -0.1) is 0 Å². The molecule has 1 fully saturated rings. The van der Waals surface area contributed by atoms with Gasteiger partial charge in [0.15, 0.2) is 5.69 Å². The fourth-order valence-corrected chi connectivity index (χ4v) is 3.93. The lowest BCUT2D eigenvalue weighted by molar-refractivity contribution is 0.0934. The van der Waals surface area contributed by atoms with E-state index < -0.39 is 0 Å². The van der Waals surface area contributed by atoms with Gasteiger partial charge < -0.3 is 10.6 Å². The first-order valence-corrected chi connectivity index (χ1v) is 10.2. The largest absolute Gasteiger partial charge is 0.347 e. The summed E-state index contributed by atoms with van der Waals surface area (Å²) in [6.45, 7) is 1.67. The molecule has 1 aliphatic heterocycles. The molecule has 0 radical (unpaired) electrons. The number of hydrogen-bond acceptors (Lipinski definition) is 5. The van der Waals surface area contributed by atoms with Gasteiger partial charge in [-0.05, 0) is 55.4 Å². The molecule has 0 bridgehead atoms. The average molecular weight is 411 g/mol. The van der Waals surface area contributed by atoms with Crippen LogP contribution in [-0.4, -0.2) is 44.6 Å². The molecule has 4 aromatic rings. The van der Waals surface area contributed by atoms with E-state index in [0.717, 1.165) is 47.4 Å². The number of rotatable bonds is 4. The normalized spacial score (nSPS) is 15.8. The van der Waals surface area contributed by atoms with Gasteiger partial charge in [-0.3, -0.25) is 9.48 Å². The number of nitrogens with one attached hydrogen (secondary N) is 2. The molecule has 2 aromatic heterocycles. The predicted molar refractivity (Wildman–Crippen MR) is 117 cm³/mol. The van der Waals surface area contributed by atoms with Gasteiger partial charge in [-0.1, -0.05) is 6.07 Å². The standard InChI is InChI=1S/C23H21N7O/c1-29-21-7-4-16(10-17(21)13-26-29)22-11-20(23(31)27-18-8-9-25-14-18)28-30(22)19-5-2-15(12-24)3-6-19/h2-7,10-11,13,18,25H,8-9,14H2,1H3,(H,27,31)/t18-/m1/s1. The molecule has 1 atom stereocenters. The molecule has 154 valence electrons. The summed E-state index contributed by atoms with van der Waals surface area (Å²) < 4.78 is 3.58. The summed E-state index contributed by atoms with van der Waals surface area (Å²) in [5.74, 6) is -0.190. The van der Waals surface area contributed by atoms with E-state index in [9.17, 15) is 4.79 Å². The van der Waals surface area contributed by atoms with Crippen LogP contribution >= 0.6 is 0 Å². The Balaban J connectivity index is 1.58. The Bertz CT molecular complexity index is 1300. The zero-order valence-corrected chi connectivity index (χ0v) is 17.0. The molecule has 3 heterocycles. The zero-order chi connectivity index (χ0) is 21.4. The number of carbonyl (C=O) groups is 1. The van der Waals surface area contributed by atoms with E-state index in [2.05, 4.69) is 26.9 Å². The molecule has 0 saturated carbocycles. The van der Waals surface area contributed by atoms with Crippen molar-refractivity contribution in [3.8, 4) is 23.0 Å². The number of nitrogens with zero attached hydrogens (tertiary/aromatic N) is 5. The van der Waals surface area contributed by atoms with Crippen molar-refractivity contribution in [2.75, 3.05) is 13.1 Å². The number of nitriles is 1. The third-order valence-electron chi connectivity index (χ3n) is 5.62. The van der Waals surface area contributed by atoms with Gasteiger partial charge in [0.2, 0.25) is 0 Å². The highest BCUT2D eigenvalue weighted by molar-refractivity contribution is 5.94. The zero-order valence-electron chi connectivity index (χ0n) is 17.0. The highest BCUT2D eigenvalue weighted by Crippen LogP contribution is 2.27. The van der Waals surface area contributed by atoms with E-state index in [4.69, 9.17) is 5.26 Å².